The summed E-state index contributed by atoms with van der Waals surface area (Å²) in [5.41, 5.74) is 0.949. The molecule has 1 saturated heterocycles. The lowest BCUT2D eigenvalue weighted by atomic mass is 9.97. The van der Waals surface area contributed by atoms with Gasteiger partial charge >= 0.3 is 0 Å². The lowest BCUT2D eigenvalue weighted by Gasteiger charge is -2.42. The van der Waals surface area contributed by atoms with Gasteiger partial charge in [-0.25, -0.2) is 0 Å². The first-order chi connectivity index (χ1) is 10.5. The van der Waals surface area contributed by atoms with Crippen LogP contribution in [0.15, 0.2) is 30.3 Å². The van der Waals surface area contributed by atoms with E-state index in [4.69, 9.17) is 21.7 Å². The van der Waals surface area contributed by atoms with Gasteiger partial charge in [0, 0.05) is 0 Å². The minimum atomic E-state index is -1.21. The zero-order valence-electron chi connectivity index (χ0n) is 12.3. The fraction of sp³-hybridized carbons (Fsp3) is 0.533. The molecule has 1 aromatic carbocycles. The summed E-state index contributed by atoms with van der Waals surface area (Å²) in [6.45, 7) is 1.54. The van der Waals surface area contributed by atoms with Crippen LogP contribution >= 0.6 is 12.2 Å². The molecule has 0 saturated carbocycles. The monoisotopic (exact) mass is 327 g/mol. The van der Waals surface area contributed by atoms with Crippen molar-refractivity contribution in [3.05, 3.63) is 35.9 Å². The summed E-state index contributed by atoms with van der Waals surface area (Å²) < 4.78 is 11.3. The maximum Gasteiger partial charge on any atom is 0.181 e. The van der Waals surface area contributed by atoms with Gasteiger partial charge in [0.1, 0.15) is 24.4 Å². The van der Waals surface area contributed by atoms with Crippen molar-refractivity contribution in [1.29, 1.82) is 0 Å². The molecule has 1 fully saturated rings. The average molecular weight is 327 g/mol. The molecule has 2 rings (SSSR count). The van der Waals surface area contributed by atoms with Crippen LogP contribution in [0, 0.1) is 0 Å². The Morgan fingerprint density at radius 3 is 2.55 bits per heavy atom. The molecule has 0 unspecified atom stereocenters. The highest BCUT2D eigenvalue weighted by Gasteiger charge is 2.44. The fourth-order valence-corrected chi connectivity index (χ4v) is 2.50. The van der Waals surface area contributed by atoms with E-state index in [1.54, 1.807) is 6.92 Å². The van der Waals surface area contributed by atoms with Gasteiger partial charge in [-0.1, -0.05) is 42.5 Å². The topological polar surface area (TPSA) is 91.2 Å². The number of aliphatic hydroxyl groups is 3. The molecule has 0 amide bonds. The van der Waals surface area contributed by atoms with Crippen LogP contribution in [0.2, 0.25) is 0 Å². The SMILES string of the molecule is CC(=S)N[C@H]1[C@H](OCc2ccccc2)O[C@H](CO)[C@@H](O)[C@@H]1O. The Morgan fingerprint density at radius 1 is 1.27 bits per heavy atom. The molecule has 1 aliphatic heterocycles. The van der Waals surface area contributed by atoms with Crippen LogP contribution in [0.25, 0.3) is 0 Å². The zero-order valence-corrected chi connectivity index (χ0v) is 13.1. The third-order valence-corrected chi connectivity index (χ3v) is 3.63. The van der Waals surface area contributed by atoms with Gasteiger partial charge in [0.2, 0.25) is 0 Å². The number of hydrogen-bond donors (Lipinski definition) is 4. The van der Waals surface area contributed by atoms with Crippen LogP contribution in [0.1, 0.15) is 12.5 Å². The van der Waals surface area contributed by atoms with Gasteiger partial charge < -0.3 is 30.1 Å². The molecule has 4 N–H and O–H groups in total. The molecule has 5 atom stereocenters. The molecule has 0 radical (unpaired) electrons. The summed E-state index contributed by atoms with van der Waals surface area (Å²) in [5.74, 6) is 0. The predicted molar refractivity (Wildman–Crippen MR) is 84.2 cm³/mol. The lowest BCUT2D eigenvalue weighted by molar-refractivity contribution is -0.272. The summed E-state index contributed by atoms with van der Waals surface area (Å²) in [7, 11) is 0. The lowest BCUT2D eigenvalue weighted by Crippen LogP contribution is -2.64. The number of nitrogens with one attached hydrogen (secondary N) is 1. The number of hydrogen-bond acceptors (Lipinski definition) is 6. The first-order valence-corrected chi connectivity index (χ1v) is 7.49. The third kappa shape index (κ3) is 4.22. The van der Waals surface area contributed by atoms with Crippen molar-refractivity contribution in [3.8, 4) is 0 Å². The Balaban J connectivity index is 2.07. The molecule has 7 heteroatoms. The first kappa shape index (κ1) is 17.3. The highest BCUT2D eigenvalue weighted by molar-refractivity contribution is 7.80. The van der Waals surface area contributed by atoms with Crippen LogP contribution in [0.4, 0.5) is 0 Å². The molecular formula is C15H21NO5S. The summed E-state index contributed by atoms with van der Waals surface area (Å²) in [6.07, 6.45) is -4.12. The van der Waals surface area contributed by atoms with E-state index in [2.05, 4.69) is 5.32 Å². The zero-order chi connectivity index (χ0) is 16.1. The van der Waals surface area contributed by atoms with Crippen molar-refractivity contribution in [2.75, 3.05) is 6.61 Å². The second kappa shape index (κ2) is 7.96. The summed E-state index contributed by atoms with van der Waals surface area (Å²) in [4.78, 5) is 0.454. The minimum absolute atomic E-state index is 0.279. The Kier molecular flexibility index (Phi) is 6.25. The molecule has 122 valence electrons. The van der Waals surface area contributed by atoms with Crippen LogP contribution < -0.4 is 5.32 Å². The summed E-state index contributed by atoms with van der Waals surface area (Å²) >= 11 is 4.99. The van der Waals surface area contributed by atoms with E-state index < -0.39 is 37.3 Å². The second-order valence-electron chi connectivity index (χ2n) is 5.23. The first-order valence-electron chi connectivity index (χ1n) is 7.08. The van der Waals surface area contributed by atoms with Gasteiger partial charge in [-0.05, 0) is 12.5 Å². The number of aliphatic hydroxyl groups excluding tert-OH is 3. The Morgan fingerprint density at radius 2 is 1.95 bits per heavy atom. The Hall–Kier alpha value is -1.09. The smallest absolute Gasteiger partial charge is 0.181 e. The van der Waals surface area contributed by atoms with Gasteiger partial charge in [-0.15, -0.1) is 0 Å². The number of ether oxygens (including phenoxy) is 2. The van der Waals surface area contributed by atoms with Crippen molar-refractivity contribution in [2.45, 2.75) is 44.2 Å². The number of benzene rings is 1. The fourth-order valence-electron chi connectivity index (χ4n) is 2.37. The Labute approximate surface area is 134 Å². The van der Waals surface area contributed by atoms with E-state index >= 15 is 0 Å². The highest BCUT2D eigenvalue weighted by atomic mass is 32.1. The maximum atomic E-state index is 10.2. The van der Waals surface area contributed by atoms with Crippen molar-refractivity contribution in [2.24, 2.45) is 0 Å². The molecule has 1 heterocycles. The molecule has 0 aliphatic carbocycles. The standard InChI is InChI=1S/C15H21NO5S/c1-9(22)16-12-14(19)13(18)11(7-17)21-15(12)20-8-10-5-3-2-4-6-10/h2-6,11-15,17-19H,7-8H2,1H3,(H,16,22)/t11-,12-,13-,14-,15-/m1/s1. The quantitative estimate of drug-likeness (QED) is 0.564. The minimum Gasteiger partial charge on any atom is -0.394 e. The van der Waals surface area contributed by atoms with Gasteiger partial charge in [0.25, 0.3) is 0 Å². The van der Waals surface area contributed by atoms with Crippen LogP contribution in [0.3, 0.4) is 0 Å². The van der Waals surface area contributed by atoms with E-state index in [9.17, 15) is 15.3 Å². The van der Waals surface area contributed by atoms with Gasteiger partial charge in [-0.3, -0.25) is 0 Å². The molecular weight excluding hydrogens is 306 g/mol. The molecule has 1 aliphatic rings. The average Bonchev–Trinajstić information content (AvgIpc) is 2.52. The third-order valence-electron chi connectivity index (χ3n) is 3.51. The van der Waals surface area contributed by atoms with Gasteiger partial charge in [0.15, 0.2) is 6.29 Å². The molecule has 1 aromatic rings. The number of thiocarbonyl (C=S) groups is 1. The molecule has 0 aromatic heterocycles. The van der Waals surface area contributed by atoms with E-state index in [0.29, 0.717) is 4.99 Å². The van der Waals surface area contributed by atoms with Crippen molar-refractivity contribution >= 4 is 17.2 Å². The van der Waals surface area contributed by atoms with E-state index in [-0.39, 0.29) is 6.61 Å². The largest absolute Gasteiger partial charge is 0.394 e. The van der Waals surface area contributed by atoms with Crippen molar-refractivity contribution in [1.82, 2.24) is 5.32 Å². The van der Waals surface area contributed by atoms with E-state index in [1.807, 2.05) is 30.3 Å². The second-order valence-corrected chi connectivity index (χ2v) is 5.84. The molecule has 0 spiro atoms. The van der Waals surface area contributed by atoms with E-state index in [1.165, 1.54) is 0 Å². The normalized spacial score (nSPS) is 31.7. The Bertz CT molecular complexity index is 486. The number of rotatable bonds is 5. The molecule has 22 heavy (non-hydrogen) atoms. The van der Waals surface area contributed by atoms with Gasteiger partial charge in [0.05, 0.1) is 18.2 Å². The molecule has 6 nitrogen and oxygen atoms in total. The highest BCUT2D eigenvalue weighted by Crippen LogP contribution is 2.23. The molecule has 0 bridgehead atoms. The van der Waals surface area contributed by atoms with Crippen molar-refractivity contribution < 1.29 is 24.8 Å². The van der Waals surface area contributed by atoms with Crippen molar-refractivity contribution in [3.63, 3.8) is 0 Å². The van der Waals surface area contributed by atoms with E-state index in [0.717, 1.165) is 5.56 Å². The van der Waals surface area contributed by atoms with Gasteiger partial charge in [-0.2, -0.15) is 0 Å². The summed E-state index contributed by atoms with van der Waals surface area (Å²) in [5, 5.41) is 32.3. The maximum absolute atomic E-state index is 10.2. The van der Waals surface area contributed by atoms with Crippen LogP contribution in [-0.4, -0.2) is 57.6 Å². The predicted octanol–water partition coefficient (Wildman–Crippen LogP) is -0.0523. The van der Waals surface area contributed by atoms with Crippen LogP contribution in [0.5, 0.6) is 0 Å². The summed E-state index contributed by atoms with van der Waals surface area (Å²) in [6, 6.07) is 8.80. The van der Waals surface area contributed by atoms with Crippen LogP contribution in [-0.2, 0) is 16.1 Å².